The van der Waals surface area contributed by atoms with Gasteiger partial charge in [-0.15, -0.1) is 8.44 Å². The minimum atomic E-state index is 0.156. The first-order chi connectivity index (χ1) is 4.99. The second kappa shape index (κ2) is 4.63. The van der Waals surface area contributed by atoms with Crippen molar-refractivity contribution in [1.82, 2.24) is 0 Å². The number of hydrazone groups is 1. The summed E-state index contributed by atoms with van der Waals surface area (Å²) in [5.41, 5.74) is 0.156. The third kappa shape index (κ3) is 6.21. The molecule has 0 atom stereocenters. The van der Waals surface area contributed by atoms with Gasteiger partial charge in [0.1, 0.15) is 22.9 Å². The number of hydrogen-bond acceptors (Lipinski definition) is 3. The van der Waals surface area contributed by atoms with Gasteiger partial charge in [0.05, 0.1) is 0 Å². The number of amidine groups is 1. The molecule has 0 unspecified atom stereocenters. The van der Waals surface area contributed by atoms with Gasteiger partial charge in [-0.25, -0.2) is 0 Å². The minimum Gasteiger partial charge on any atom is -0.321 e. The average Bonchev–Trinajstić information content (AvgIpc) is 1.84. The monoisotopic (exact) mass is 268 g/mol. The van der Waals surface area contributed by atoms with Gasteiger partial charge in [-0.05, 0) is 5.41 Å². The Bertz CT molecular complexity index is 168. The highest BCUT2D eigenvalue weighted by molar-refractivity contribution is 14.1. The van der Waals surface area contributed by atoms with Crippen LogP contribution in [-0.2, 0) is 0 Å². The van der Waals surface area contributed by atoms with Gasteiger partial charge in [-0.1, -0.05) is 20.8 Å². The molecule has 0 amide bonds. The normalized spacial score (nSPS) is 14.4. The fourth-order valence-corrected chi connectivity index (χ4v) is 0.874. The van der Waals surface area contributed by atoms with Crippen molar-refractivity contribution in [3.05, 3.63) is 0 Å². The quantitative estimate of drug-likeness (QED) is 0.195. The second-order valence-corrected chi connectivity index (χ2v) is 3.89. The number of rotatable bonds is 1. The average molecular weight is 268 g/mol. The van der Waals surface area contributed by atoms with Crippen molar-refractivity contribution in [2.24, 2.45) is 24.8 Å². The van der Waals surface area contributed by atoms with Crippen molar-refractivity contribution < 1.29 is 0 Å². The molecule has 64 valence electrons. The molecule has 0 rings (SSSR count). The van der Waals surface area contributed by atoms with Crippen molar-refractivity contribution in [1.29, 1.82) is 0 Å². The van der Waals surface area contributed by atoms with E-state index in [1.54, 1.807) is 22.9 Å². The second-order valence-electron chi connectivity index (χ2n) is 3.46. The van der Waals surface area contributed by atoms with Crippen molar-refractivity contribution >= 4 is 28.7 Å². The van der Waals surface area contributed by atoms with E-state index in [4.69, 9.17) is 5.84 Å². The Balaban J connectivity index is 4.12. The van der Waals surface area contributed by atoms with Crippen LogP contribution in [-0.4, -0.2) is 5.84 Å². The fourth-order valence-electron chi connectivity index (χ4n) is 0.625. The lowest BCUT2D eigenvalue weighted by atomic mass is 9.92. The van der Waals surface area contributed by atoms with E-state index < -0.39 is 0 Å². The molecule has 0 radical (unpaired) electrons. The van der Waals surface area contributed by atoms with Gasteiger partial charge < -0.3 is 5.84 Å². The minimum absolute atomic E-state index is 0.156. The van der Waals surface area contributed by atoms with Crippen molar-refractivity contribution in [2.45, 2.75) is 27.2 Å². The molecule has 0 aromatic rings. The van der Waals surface area contributed by atoms with Crippen LogP contribution in [0.15, 0.2) is 13.5 Å². The zero-order valence-electron chi connectivity index (χ0n) is 7.00. The lowest BCUT2D eigenvalue weighted by molar-refractivity contribution is 0.432. The van der Waals surface area contributed by atoms with E-state index in [1.807, 2.05) is 0 Å². The third-order valence-electron chi connectivity index (χ3n) is 0.991. The van der Waals surface area contributed by atoms with Gasteiger partial charge in [0.15, 0.2) is 5.84 Å². The SMILES string of the molecule is CC(C)(C)C/C(N=NI)=N/N. The van der Waals surface area contributed by atoms with Gasteiger partial charge in [0.25, 0.3) is 0 Å². The van der Waals surface area contributed by atoms with Gasteiger partial charge in [0, 0.05) is 6.42 Å². The summed E-state index contributed by atoms with van der Waals surface area (Å²) in [6, 6.07) is 0. The van der Waals surface area contributed by atoms with Crippen molar-refractivity contribution in [2.75, 3.05) is 0 Å². The van der Waals surface area contributed by atoms with Crippen LogP contribution < -0.4 is 5.84 Å². The summed E-state index contributed by atoms with van der Waals surface area (Å²) in [4.78, 5) is 0. The van der Waals surface area contributed by atoms with Crippen LogP contribution in [0.3, 0.4) is 0 Å². The Morgan fingerprint density at radius 3 is 2.27 bits per heavy atom. The maximum absolute atomic E-state index is 5.10. The molecule has 5 heteroatoms. The molecule has 0 aromatic heterocycles. The number of halogens is 1. The Morgan fingerprint density at radius 1 is 1.45 bits per heavy atom. The Hall–Kier alpha value is -0.200. The highest BCUT2D eigenvalue weighted by Gasteiger charge is 2.13. The van der Waals surface area contributed by atoms with E-state index >= 15 is 0 Å². The van der Waals surface area contributed by atoms with Crippen LogP contribution in [0.1, 0.15) is 27.2 Å². The number of nitrogens with zero attached hydrogens (tertiary/aromatic N) is 3. The van der Waals surface area contributed by atoms with E-state index in [0.717, 1.165) is 6.42 Å². The summed E-state index contributed by atoms with van der Waals surface area (Å²) in [6.07, 6.45) is 0.746. The first kappa shape index (κ1) is 10.8. The Kier molecular flexibility index (Phi) is 4.55. The molecule has 0 bridgehead atoms. The molecule has 0 aliphatic carbocycles. The van der Waals surface area contributed by atoms with Crippen LogP contribution in [0.4, 0.5) is 0 Å². The molecule has 2 N–H and O–H groups in total. The van der Waals surface area contributed by atoms with Gasteiger partial charge in [-0.3, -0.25) is 0 Å². The van der Waals surface area contributed by atoms with Gasteiger partial charge >= 0.3 is 0 Å². The molecule has 0 aromatic carbocycles. The van der Waals surface area contributed by atoms with Crippen molar-refractivity contribution in [3.63, 3.8) is 0 Å². The first-order valence-corrected chi connectivity index (χ1v) is 4.25. The molecule has 0 spiro atoms. The molecular formula is C6H13IN4. The maximum Gasteiger partial charge on any atom is 0.171 e. The van der Waals surface area contributed by atoms with Crippen molar-refractivity contribution in [3.8, 4) is 0 Å². The number of nitrogens with two attached hydrogens (primary N) is 1. The summed E-state index contributed by atoms with van der Waals surface area (Å²) in [6.45, 7) is 6.29. The molecule has 0 saturated heterocycles. The first-order valence-electron chi connectivity index (χ1n) is 3.28. The molecule has 0 aliphatic rings. The Morgan fingerprint density at radius 2 is 2.00 bits per heavy atom. The summed E-state index contributed by atoms with van der Waals surface area (Å²) in [5.74, 6) is 5.69. The lowest BCUT2D eigenvalue weighted by Gasteiger charge is -2.15. The van der Waals surface area contributed by atoms with E-state index in [9.17, 15) is 0 Å². The highest BCUT2D eigenvalue weighted by atomic mass is 127. The van der Waals surface area contributed by atoms with Crippen LogP contribution in [0.5, 0.6) is 0 Å². The fraction of sp³-hybridized carbons (Fsp3) is 0.833. The molecule has 0 aliphatic heterocycles. The largest absolute Gasteiger partial charge is 0.321 e. The predicted molar refractivity (Wildman–Crippen MR) is 54.6 cm³/mol. The smallest absolute Gasteiger partial charge is 0.171 e. The highest BCUT2D eigenvalue weighted by Crippen LogP contribution is 2.19. The standard InChI is InChI=1S/C6H13IN4/c1-6(2,3)4-5(9-8)10-11-7/h4,8H2,1-3H3/b9-5-,11-10?. The topological polar surface area (TPSA) is 63.1 Å². The van der Waals surface area contributed by atoms with E-state index in [0.29, 0.717) is 5.84 Å². The Labute approximate surface area is 80.8 Å². The zero-order chi connectivity index (χ0) is 8.91. The van der Waals surface area contributed by atoms with Crippen LogP contribution in [0.2, 0.25) is 0 Å². The van der Waals surface area contributed by atoms with E-state index in [1.165, 1.54) is 0 Å². The predicted octanol–water partition coefficient (Wildman–Crippen LogP) is 2.50. The summed E-state index contributed by atoms with van der Waals surface area (Å²) < 4.78 is 3.58. The molecular weight excluding hydrogens is 255 g/mol. The molecule has 11 heavy (non-hydrogen) atoms. The summed E-state index contributed by atoms with van der Waals surface area (Å²) in [5, 5.41) is 7.28. The molecule has 4 nitrogen and oxygen atoms in total. The van der Waals surface area contributed by atoms with Crippen LogP contribution in [0, 0.1) is 5.41 Å². The van der Waals surface area contributed by atoms with Gasteiger partial charge in [0.2, 0.25) is 0 Å². The zero-order valence-corrected chi connectivity index (χ0v) is 9.16. The van der Waals surface area contributed by atoms with E-state index in [2.05, 4.69) is 34.3 Å². The molecule has 0 saturated carbocycles. The van der Waals surface area contributed by atoms with Crippen LogP contribution >= 0.6 is 22.9 Å². The lowest BCUT2D eigenvalue weighted by Crippen LogP contribution is -2.12. The number of hydrogen-bond donors (Lipinski definition) is 1. The summed E-state index contributed by atoms with van der Waals surface area (Å²) in [7, 11) is 0. The summed E-state index contributed by atoms with van der Waals surface area (Å²) >= 11 is 1.80. The molecule has 0 fully saturated rings. The van der Waals surface area contributed by atoms with Gasteiger partial charge in [-0.2, -0.15) is 5.10 Å². The van der Waals surface area contributed by atoms with E-state index in [-0.39, 0.29) is 5.41 Å². The third-order valence-corrected chi connectivity index (χ3v) is 1.21. The van der Waals surface area contributed by atoms with Crippen LogP contribution in [0.25, 0.3) is 0 Å². The maximum atomic E-state index is 5.10. The molecule has 0 heterocycles.